The molecule has 0 unspecified atom stereocenters. The second kappa shape index (κ2) is 144. The molecule has 8 heteroatoms. The van der Waals surface area contributed by atoms with E-state index in [0.717, 1.165) is 0 Å². The average Bonchev–Trinajstić information content (AvgIpc) is 2.63. The van der Waals surface area contributed by atoms with Gasteiger partial charge >= 0.3 is 107 Å². The maximum atomic E-state index is 7.50. The minimum absolute atomic E-state index is 0. The van der Waals surface area contributed by atoms with Crippen LogP contribution in [0.25, 0.3) is 0 Å². The summed E-state index contributed by atoms with van der Waals surface area (Å²) in [6, 6.07) is 0. The van der Waals surface area contributed by atoms with Gasteiger partial charge in [0.25, 0.3) is 0 Å². The Kier molecular flexibility index (Phi) is 381. The van der Waals surface area contributed by atoms with Gasteiger partial charge in [-0.05, 0) is 0 Å². The van der Waals surface area contributed by atoms with E-state index in [0.29, 0.717) is 0 Å². The van der Waals surface area contributed by atoms with E-state index in [1.54, 1.807) is 0 Å². The maximum Gasteiger partial charge on any atom is 1.00 e. The molecular weight excluding hydrogens is 466 g/mol. The van der Waals surface area contributed by atoms with Gasteiger partial charge in [0.1, 0.15) is 0 Å². The normalized spacial score (nSPS) is 5.82. The van der Waals surface area contributed by atoms with Crippen LogP contribution in [0.15, 0.2) is 11.1 Å². The molecule has 6 nitrogen and oxygen atoms in total. The van der Waals surface area contributed by atoms with Crippen LogP contribution in [0.5, 0.6) is 0 Å². The molecule has 0 aliphatic rings. The van der Waals surface area contributed by atoms with Crippen molar-refractivity contribution in [1.82, 2.24) is 0 Å². The predicted molar refractivity (Wildman–Crippen MR) is 59.8 cm³/mol. The molecule has 0 bridgehead atoms. The smallest absolute Gasteiger partial charge is 1.00 e. The third kappa shape index (κ3) is 123. The van der Waals surface area contributed by atoms with Crippen molar-refractivity contribution < 1.29 is 66.9 Å². The molecule has 0 aliphatic carbocycles. The Bertz CT molecular complexity index is 270. The molecule has 0 amide bonds. The molecule has 0 aromatic heterocycles. The molecule has 22 heavy (non-hydrogen) atoms. The molecule has 0 atom stereocenters. The van der Waals surface area contributed by atoms with Gasteiger partial charge in [0, 0.05) is 0 Å². The van der Waals surface area contributed by atoms with E-state index in [-0.39, 0.29) is 39.0 Å². The Morgan fingerprint density at radius 2 is 0.591 bits per heavy atom. The van der Waals surface area contributed by atoms with Gasteiger partial charge in [-0.15, -0.1) is 27.7 Å². The third-order valence-electron chi connectivity index (χ3n) is 1.31. The summed E-state index contributed by atoms with van der Waals surface area (Å²) in [5.41, 5.74) is 2.38. The third-order valence-corrected chi connectivity index (χ3v) is 1.31. The molecule has 0 aromatic carbocycles. The van der Waals surface area contributed by atoms with Crippen LogP contribution in [0, 0.1) is 52.1 Å². The van der Waals surface area contributed by atoms with Crippen molar-refractivity contribution in [3.63, 3.8) is 0 Å². The van der Waals surface area contributed by atoms with Gasteiger partial charge in [-0.3, -0.25) is 0 Å². The van der Waals surface area contributed by atoms with Crippen LogP contribution >= 0.6 is 0 Å². The van der Waals surface area contributed by atoms with Gasteiger partial charge in [0.05, 0.1) is 0 Å². The summed E-state index contributed by atoms with van der Waals surface area (Å²) in [5, 5.41) is 0. The minimum atomic E-state index is 0. The molecule has 0 saturated carbocycles. The van der Waals surface area contributed by atoms with Crippen LogP contribution in [0.2, 0.25) is 0 Å². The van der Waals surface area contributed by atoms with Crippen molar-refractivity contribution in [3.05, 3.63) is 63.2 Å². The number of rotatable bonds is 1. The predicted octanol–water partition coefficient (Wildman–Crippen LogP) is 2.30. The SMILES string of the molecule is C[C-]=C(C)C(C)=[C-]C.[C-]#[O+].[C-]#[O+].[C-]#[O+].[C-]#[O+].[C-]#[O+].[C-]#[O+].[Ru+].[Ru+]. The zero-order chi connectivity index (χ0) is 18.6. The molecule has 0 aliphatic heterocycles. The number of hydrogen-bond acceptors (Lipinski definition) is 0. The van der Waals surface area contributed by atoms with E-state index in [2.05, 4.69) is 52.1 Å². The van der Waals surface area contributed by atoms with Crippen molar-refractivity contribution in [2.75, 3.05) is 0 Å². The van der Waals surface area contributed by atoms with Crippen molar-refractivity contribution in [2.24, 2.45) is 0 Å². The van der Waals surface area contributed by atoms with E-state index in [4.69, 9.17) is 27.9 Å². The summed E-state index contributed by atoms with van der Waals surface area (Å²) in [7, 11) is 0. The molecule has 2 radical (unpaired) electrons. The fourth-order valence-corrected chi connectivity index (χ4v) is 0.375. The van der Waals surface area contributed by atoms with Crippen molar-refractivity contribution in [3.8, 4) is 0 Å². The zero-order valence-electron chi connectivity index (χ0n) is 12.2. The summed E-state index contributed by atoms with van der Waals surface area (Å²) in [4.78, 5) is 0. The molecule has 120 valence electrons. The first-order valence-corrected chi connectivity index (χ1v) is 3.97. The molecule has 0 spiro atoms. The van der Waals surface area contributed by atoms with Gasteiger partial charge in [-0.25, -0.2) is 0 Å². The van der Waals surface area contributed by atoms with E-state index < -0.39 is 0 Å². The molecule has 0 rings (SSSR count). The summed E-state index contributed by atoms with van der Waals surface area (Å²) in [5.74, 6) is 0. The topological polar surface area (TPSA) is 119 Å². The van der Waals surface area contributed by atoms with Crippen LogP contribution in [-0.2, 0) is 66.9 Å². The van der Waals surface area contributed by atoms with E-state index >= 15 is 0 Å². The van der Waals surface area contributed by atoms with Crippen molar-refractivity contribution in [2.45, 2.75) is 27.7 Å². The minimum Gasteiger partial charge on any atom is 1.00 e. The second-order valence-electron chi connectivity index (χ2n) is 1.75. The largest absolute Gasteiger partial charge is 1.00 e. The summed E-state index contributed by atoms with van der Waals surface area (Å²) in [6.45, 7) is 34.9. The Hall–Kier alpha value is -0.833. The maximum absolute atomic E-state index is 7.50. The van der Waals surface area contributed by atoms with Gasteiger partial charge < -0.3 is 23.3 Å². The first-order chi connectivity index (χ1) is 9.72. The number of hydrogen-bond donors (Lipinski definition) is 0. The fourth-order valence-electron chi connectivity index (χ4n) is 0.375. The summed E-state index contributed by atoms with van der Waals surface area (Å²) in [6.07, 6.45) is 6.07. The van der Waals surface area contributed by atoms with Crippen LogP contribution in [0.3, 0.4) is 0 Å². The van der Waals surface area contributed by atoms with E-state index in [1.807, 2.05) is 27.7 Å². The van der Waals surface area contributed by atoms with Crippen molar-refractivity contribution >= 4 is 0 Å². The fraction of sp³-hybridized carbons (Fsp3) is 0.286. The van der Waals surface area contributed by atoms with Gasteiger partial charge in [-0.2, -0.15) is 0 Å². The zero-order valence-corrected chi connectivity index (χ0v) is 15.6. The quantitative estimate of drug-likeness (QED) is 0.238. The Balaban J connectivity index is -0.0000000149. The van der Waals surface area contributed by atoms with Crippen molar-refractivity contribution in [1.29, 1.82) is 0 Å². The Morgan fingerprint density at radius 3 is 0.636 bits per heavy atom. The van der Waals surface area contributed by atoms with Crippen LogP contribution in [-0.4, -0.2) is 0 Å². The Morgan fingerprint density at radius 1 is 0.500 bits per heavy atom. The van der Waals surface area contributed by atoms with Gasteiger partial charge in [0.15, 0.2) is 0 Å². The van der Waals surface area contributed by atoms with Crippen LogP contribution in [0.4, 0.5) is 0 Å². The molecule has 0 N–H and O–H groups in total. The summed E-state index contributed by atoms with van der Waals surface area (Å²) >= 11 is 0. The molecule has 0 fully saturated rings. The van der Waals surface area contributed by atoms with Gasteiger partial charge in [0.2, 0.25) is 0 Å². The molecular formula is C14H12O6Ru2. The Labute approximate surface area is 157 Å². The monoisotopic (exact) mass is 480 g/mol. The molecule has 0 aromatic rings. The number of allylic oxidation sites excluding steroid dienone is 4. The van der Waals surface area contributed by atoms with Gasteiger partial charge in [-0.1, -0.05) is 0 Å². The van der Waals surface area contributed by atoms with Crippen LogP contribution < -0.4 is 0 Å². The average molecular weight is 478 g/mol. The van der Waals surface area contributed by atoms with E-state index in [1.165, 1.54) is 11.1 Å². The van der Waals surface area contributed by atoms with E-state index in [9.17, 15) is 0 Å². The van der Waals surface area contributed by atoms with Crippen LogP contribution in [0.1, 0.15) is 27.7 Å². The summed E-state index contributed by atoms with van der Waals surface area (Å²) < 4.78 is 45.0. The molecule has 0 saturated heterocycles. The second-order valence-corrected chi connectivity index (χ2v) is 1.75. The first kappa shape index (κ1) is 58.2. The molecule has 0 heterocycles. The standard InChI is InChI=1S/C8H12.6CO.2Ru/c1-5-7(3)8(4)6-2;6*1-2;;/h1-4H3;;;;;;;;/q-2;;;;;;;2*+1. The first-order valence-electron chi connectivity index (χ1n) is 3.97.